The molecule has 0 bridgehead atoms. The summed E-state index contributed by atoms with van der Waals surface area (Å²) in [5, 5.41) is 76.3. The molecule has 0 amide bonds. The number of halogens is 12. The molecule has 12 aromatic rings. The van der Waals surface area contributed by atoms with Crippen molar-refractivity contribution in [1.29, 1.82) is 0 Å². The summed E-state index contributed by atoms with van der Waals surface area (Å²) in [6, 6.07) is 70.7. The molecule has 0 heterocycles. The number of aryl methyl sites for hydroxylation is 12. The van der Waals surface area contributed by atoms with Crippen LogP contribution in [0.15, 0.2) is 206 Å². The maximum atomic E-state index is 10.9. The molecule has 0 aliphatic carbocycles. The van der Waals surface area contributed by atoms with Crippen LogP contribution >= 0.6 is 163 Å². The Morgan fingerprint density at radius 2 is 0.527 bits per heavy atom. The molecule has 0 aliphatic heterocycles. The van der Waals surface area contributed by atoms with E-state index in [-0.39, 0.29) is 10.8 Å². The summed E-state index contributed by atoms with van der Waals surface area (Å²) in [4.78, 5) is 10.9. The summed E-state index contributed by atoms with van der Waals surface area (Å²) in [5.41, 5.74) is 24.4. The summed E-state index contributed by atoms with van der Waals surface area (Å²) in [5.74, 6) is 2.56. The van der Waals surface area contributed by atoms with E-state index in [4.69, 9.17) is 112 Å². The molecule has 12 aromatic carbocycles. The third kappa shape index (κ3) is 55.2. The van der Waals surface area contributed by atoms with Crippen LogP contribution in [0.3, 0.4) is 0 Å². The molecule has 0 spiro atoms. The van der Waals surface area contributed by atoms with Gasteiger partial charge in [-0.2, -0.15) is 0 Å². The normalized spacial score (nSPS) is 11.0. The Morgan fingerprint density at radius 3 is 0.877 bits per heavy atom. The number of aromatic hydroxyl groups is 6. The minimum atomic E-state index is -0.556. The number of nitrogens with zero attached hydrogens (tertiary/aromatic N) is 6. The fourth-order valence-corrected chi connectivity index (χ4v) is 23.2. The van der Waals surface area contributed by atoms with Crippen LogP contribution in [-0.4, -0.2) is 151 Å². The summed E-state index contributed by atoms with van der Waals surface area (Å²) in [6.45, 7) is 42.8. The monoisotopic (exact) mass is 2540 g/mol. The molecule has 146 heavy (non-hydrogen) atoms. The zero-order chi connectivity index (χ0) is 111. The van der Waals surface area contributed by atoms with Crippen LogP contribution in [0.25, 0.3) is 0 Å². The number of para-hydroxylation sites is 2. The SMILES string of the molecule is Cc1cc(C(C)(C)C)cc(Pc2c(C)cccc2CN(C)C)c1O.Cc1cc(C)c(O)c(Pc2c(C)cccc2CN(C)C)c1.Cc1cc(Pc2c(C)cccc2C=[N+](C)C)c(O)c(C(C)(C)C)c1.Cc1ccc(O)c(Pc2c(C)cccc2CN(C)C)c1.Cc1cccc(CN(C)C)c1Pc1ccccc1O.Cc1cccc(Pc2c(C)cccc2CN(C)C)c1O.[Cl][Ti][Cl].[Cl][Ti][Cl].[Cl][Ti][Cl].[Cl][Ti][Cl].[Cl][Ti][Cl].[Cl][Ti][Cl]. The number of hydrogen-bond donors (Lipinski definition) is 6. The van der Waals surface area contributed by atoms with Gasteiger partial charge in [-0.25, -0.2) is 4.58 Å². The van der Waals surface area contributed by atoms with Gasteiger partial charge < -0.3 is 55.1 Å². The number of phenolic OH excluding ortho intramolecular Hbond substituents is 6. The average Bonchev–Trinajstić information content (AvgIpc) is 0.795. The number of benzene rings is 12. The molecule has 6 atom stereocenters. The van der Waals surface area contributed by atoms with Gasteiger partial charge in [0.25, 0.3) is 0 Å². The Labute approximate surface area is 987 Å². The van der Waals surface area contributed by atoms with E-state index in [1.54, 1.807) is 12.1 Å². The van der Waals surface area contributed by atoms with E-state index in [1.165, 1.54) is 121 Å². The Hall–Kier alpha value is -0.744. The number of phenols is 6. The first-order valence-electron chi connectivity index (χ1n) is 46.1. The fourth-order valence-electron chi connectivity index (χ4n) is 14.9. The van der Waals surface area contributed by atoms with E-state index >= 15 is 0 Å². The van der Waals surface area contributed by atoms with E-state index in [0.717, 1.165) is 86.8 Å². The predicted molar refractivity (Wildman–Crippen MR) is 642 cm³/mol. The van der Waals surface area contributed by atoms with E-state index in [9.17, 15) is 30.6 Å². The summed E-state index contributed by atoms with van der Waals surface area (Å²) < 4.78 is 2.07. The molecule has 36 heteroatoms. The molecule has 0 aromatic heterocycles. The van der Waals surface area contributed by atoms with E-state index in [0.29, 0.717) is 86.0 Å². The van der Waals surface area contributed by atoms with Crippen LogP contribution in [0.2, 0.25) is 0 Å². The van der Waals surface area contributed by atoms with E-state index in [1.807, 2.05) is 83.4 Å². The Kier molecular flexibility index (Phi) is 76.2. The van der Waals surface area contributed by atoms with Gasteiger partial charge in [-0.1, -0.05) is 262 Å². The van der Waals surface area contributed by atoms with Crippen molar-refractivity contribution in [3.8, 4) is 34.5 Å². The van der Waals surface area contributed by atoms with Gasteiger partial charge in [0.15, 0.2) is 6.21 Å². The first-order chi connectivity index (χ1) is 68.6. The van der Waals surface area contributed by atoms with Gasteiger partial charge in [-0.05, 0) is 333 Å². The summed E-state index contributed by atoms with van der Waals surface area (Å²) >= 11 is -3.33. The molecule has 12 rings (SSSR count). The van der Waals surface area contributed by atoms with E-state index in [2.05, 4.69) is 355 Å². The van der Waals surface area contributed by atoms with Crippen molar-refractivity contribution in [2.45, 2.75) is 168 Å². The third-order valence-electron chi connectivity index (χ3n) is 21.5. The molecular weight excluding hydrogens is 2400 g/mol. The van der Waals surface area contributed by atoms with Gasteiger partial charge >= 0.3 is 214 Å². The van der Waals surface area contributed by atoms with Crippen LogP contribution in [0.1, 0.15) is 153 Å². The van der Waals surface area contributed by atoms with Crippen molar-refractivity contribution < 1.29 is 137 Å². The fraction of sp³-hybridized carbons (Fsp3) is 0.336. The van der Waals surface area contributed by atoms with Crippen LogP contribution in [0.5, 0.6) is 34.5 Å². The first-order valence-corrected chi connectivity index (χ1v) is 77.9. The average molecular weight is 2550 g/mol. The van der Waals surface area contributed by atoms with Gasteiger partial charge in [-0.3, -0.25) is 0 Å². The zero-order valence-corrected chi connectivity index (χ0v) is 114. The molecule has 6 N–H and O–H groups in total. The number of rotatable bonds is 23. The molecule has 0 saturated heterocycles. The molecule has 790 valence electrons. The van der Waals surface area contributed by atoms with Crippen molar-refractivity contribution in [3.63, 3.8) is 0 Å². The third-order valence-corrected chi connectivity index (χ3v) is 31.2. The second kappa shape index (κ2) is 77.7. The molecular formula is C110H147Cl12N6O6P6Ti6+. The maximum absolute atomic E-state index is 10.9. The van der Waals surface area contributed by atoms with Gasteiger partial charge in [-0.15, -0.1) is 0 Å². The molecule has 0 aliphatic rings. The molecule has 12 nitrogen and oxygen atoms in total. The zero-order valence-electron chi connectivity index (χ0n) is 89.6. The van der Waals surface area contributed by atoms with Crippen LogP contribution < -0.4 is 63.7 Å². The van der Waals surface area contributed by atoms with Crippen molar-refractivity contribution >= 4 is 233 Å². The Bertz CT molecular complexity index is 5880. The second-order valence-corrected chi connectivity index (χ2v) is 61.1. The number of hydrogen-bond acceptors (Lipinski definition) is 11. The van der Waals surface area contributed by atoms with Gasteiger partial charge in [0.2, 0.25) is 0 Å². The standard InChI is InChI=1S/C21H28NOP.C21H30NOP.C18H24NOP.2C17H22NOP.C16H20NOP.12ClH.6Ti/c1-14-11-17(21(3,4)5)19(23)18(12-14)24-20-15(2)9-8-10-16(20)13-22(6)7;1-14-9-8-10-16(13-22(6)7)20(14)24-18-12-17(21(3,4)5)11-15(2)19(18)23;1-12-9-14(3)17(20)16(10-12)21-18-13(2)7-6-8-15(18)11-19(4)5;1-12-7-6-10-15(16(12)19)20-17-13(2)8-5-9-14(17)11-18(3)4;1-12-8-9-15(19)16(10-12)20-17-13(2)6-5-7-14(17)11-18(3)4;1-12-7-6-8-13(11-17(2)3)16(12)19-15-10-5-4-9-14(15)18;;;;;;;;;;;;;;;;;;/h8-13,24H,1-7H3;8-12,23-24H,13H2,1-7H3;6-10,20-21H,11H2,1-5H3;2*5-10,19-20H,11H2,1-4H3;4-10,18-19H,11H2,1-3H3;12*1H;;;;;;/q;;;;;;;;;;;;;;;;;;6*+2/p-11. The molecule has 6 unspecified atom stereocenters. The molecule has 0 radical (unpaired) electrons. The van der Waals surface area contributed by atoms with Gasteiger partial charge in [0, 0.05) is 75.7 Å². The van der Waals surface area contributed by atoms with E-state index < -0.39 is 102 Å². The van der Waals surface area contributed by atoms with Crippen molar-refractivity contribution in [1.82, 2.24) is 24.5 Å². The van der Waals surface area contributed by atoms with Crippen molar-refractivity contribution in [3.05, 3.63) is 318 Å². The summed E-state index contributed by atoms with van der Waals surface area (Å²) in [6.07, 6.45) is 2.15. The molecule has 0 fully saturated rings. The second-order valence-electron chi connectivity index (χ2n) is 37.9. The minimum absolute atomic E-state index is 0.0698. The predicted octanol–water partition coefficient (Wildman–Crippen LogP) is 26.7. The quantitative estimate of drug-likeness (QED) is 0.0158. The first kappa shape index (κ1) is 143. The van der Waals surface area contributed by atoms with Gasteiger partial charge in [0.05, 0.1) is 0 Å². The Balaban J connectivity index is 0.000000847. The van der Waals surface area contributed by atoms with Crippen LogP contribution in [0, 0.1) is 83.1 Å². The Morgan fingerprint density at radius 1 is 0.260 bits per heavy atom. The summed E-state index contributed by atoms with van der Waals surface area (Å²) in [7, 11) is 86.5. The van der Waals surface area contributed by atoms with Crippen molar-refractivity contribution in [2.24, 2.45) is 0 Å². The molecule has 0 saturated carbocycles. The van der Waals surface area contributed by atoms with Crippen LogP contribution in [0.4, 0.5) is 0 Å². The van der Waals surface area contributed by atoms with Crippen molar-refractivity contribution in [2.75, 3.05) is 84.6 Å². The topological polar surface area (TPSA) is 141 Å². The van der Waals surface area contributed by atoms with Crippen LogP contribution in [-0.2, 0) is 146 Å². The van der Waals surface area contributed by atoms with Gasteiger partial charge in [0.1, 0.15) is 48.6 Å².